The lowest BCUT2D eigenvalue weighted by molar-refractivity contribution is 1.20. The van der Waals surface area contributed by atoms with Gasteiger partial charge in [0.1, 0.15) is 0 Å². The summed E-state index contributed by atoms with van der Waals surface area (Å²) in [7, 11) is 7.49. The molecule has 20 heavy (non-hydrogen) atoms. The third-order valence-corrected chi connectivity index (χ3v) is 28.7. The van der Waals surface area contributed by atoms with Gasteiger partial charge in [-0.3, -0.25) is 0 Å². The van der Waals surface area contributed by atoms with Gasteiger partial charge in [0.15, 0.2) is 0 Å². The molecule has 2 bridgehead atoms. The lowest BCUT2D eigenvalue weighted by atomic mass is 10.0. The maximum absolute atomic E-state index is 2.43. The third kappa shape index (κ3) is 2.38. The molecule has 90 valence electrons. The molecule has 2 aromatic carbocycles. The molecule has 0 unspecified atom stereocenters. The first-order chi connectivity index (χ1) is 9.86. The van der Waals surface area contributed by atoms with Crippen LogP contribution in [0.3, 0.4) is 0 Å². The Bertz CT molecular complexity index is 575. The standard InChI is InChI=1S/C14H10Si6/c1-2-4-10(5-3-1)11-6-8-12(9-7-11)14-18-15-13(16-19-14)17-20-14/h1-9,13H. The Morgan fingerprint density at radius 1 is 0.650 bits per heavy atom. The number of fused-ring (bicyclic) bond motifs is 3. The van der Waals surface area contributed by atoms with Crippen LogP contribution in [0.4, 0.5) is 0 Å². The second-order valence-electron chi connectivity index (χ2n) is 4.93. The van der Waals surface area contributed by atoms with Crippen molar-refractivity contribution in [2.24, 2.45) is 0 Å². The summed E-state index contributed by atoms with van der Waals surface area (Å²) in [5.41, 5.74) is 4.34. The van der Waals surface area contributed by atoms with Crippen molar-refractivity contribution in [3.05, 3.63) is 60.2 Å². The molecule has 0 aliphatic carbocycles. The molecule has 0 aromatic heterocycles. The van der Waals surface area contributed by atoms with Gasteiger partial charge in [0.05, 0.1) is 0 Å². The van der Waals surface area contributed by atoms with Gasteiger partial charge in [0.2, 0.25) is 0 Å². The minimum Gasteiger partial charge on any atom is -0.0724 e. The minimum atomic E-state index is 0.638. The van der Waals surface area contributed by atoms with E-state index in [1.165, 1.54) is 65.3 Å². The molecule has 3 saturated heterocycles. The fourth-order valence-corrected chi connectivity index (χ4v) is 33.0. The van der Waals surface area contributed by atoms with Crippen LogP contribution in [0.25, 0.3) is 11.1 Å². The first kappa shape index (κ1) is 13.4. The molecular formula is C14H10Si6. The summed E-state index contributed by atoms with van der Waals surface area (Å²) in [6.07, 6.45) is 0. The van der Waals surface area contributed by atoms with Gasteiger partial charge in [-0.1, -0.05) is 64.9 Å². The molecule has 0 saturated carbocycles. The van der Waals surface area contributed by atoms with Crippen LogP contribution < -0.4 is 0 Å². The van der Waals surface area contributed by atoms with Crippen LogP contribution in [0, 0.1) is 0 Å². The Hall–Kier alpha value is -0.259. The first-order valence-electron chi connectivity index (χ1n) is 6.60. The minimum absolute atomic E-state index is 0.638. The Morgan fingerprint density at radius 2 is 1.20 bits per heavy atom. The van der Waals surface area contributed by atoms with E-state index in [0.29, 0.717) is 4.28 Å². The van der Waals surface area contributed by atoms with E-state index in [9.17, 15) is 0 Å². The van der Waals surface area contributed by atoms with Crippen molar-refractivity contribution < 1.29 is 0 Å². The lowest BCUT2D eigenvalue weighted by Crippen LogP contribution is -2.64. The molecule has 0 spiro atoms. The normalized spacial score (nSPS) is 28.5. The van der Waals surface area contributed by atoms with Crippen molar-refractivity contribution in [3.8, 4) is 11.1 Å². The summed E-state index contributed by atoms with van der Waals surface area (Å²) < 4.78 is 0.638. The zero-order valence-corrected chi connectivity index (χ0v) is 16.8. The summed E-state index contributed by atoms with van der Waals surface area (Å²) in [6.45, 7) is 0. The monoisotopic (exact) mass is 346 g/mol. The summed E-state index contributed by atoms with van der Waals surface area (Å²) in [5.74, 6) is 0. The van der Waals surface area contributed by atoms with E-state index >= 15 is 0 Å². The molecule has 0 N–H and O–H groups in total. The SMILES string of the molecule is c1ccc(-c2ccc(C34[Si][Si]C([Si][Si]3)[Si][Si]4)cc2)cc1. The number of hydrogen-bond acceptors (Lipinski definition) is 0. The predicted octanol–water partition coefficient (Wildman–Crippen LogP) is 1.16. The van der Waals surface area contributed by atoms with Crippen LogP contribution in [0.1, 0.15) is 5.56 Å². The summed E-state index contributed by atoms with van der Waals surface area (Å²) in [5, 5.41) is 0. The van der Waals surface area contributed by atoms with Crippen molar-refractivity contribution in [1.29, 1.82) is 0 Å². The summed E-state index contributed by atoms with van der Waals surface area (Å²) >= 11 is 0. The molecule has 3 aliphatic heterocycles. The van der Waals surface area contributed by atoms with E-state index < -0.39 is 0 Å². The van der Waals surface area contributed by atoms with E-state index in [1.54, 1.807) is 5.56 Å². The maximum atomic E-state index is 2.43. The highest BCUT2D eigenvalue weighted by Gasteiger charge is 2.43. The van der Waals surface area contributed by atoms with Crippen molar-refractivity contribution in [2.75, 3.05) is 0 Å². The molecule has 6 heteroatoms. The smallest absolute Gasteiger partial charge is 0.0269 e. The van der Waals surface area contributed by atoms with Crippen molar-refractivity contribution in [3.63, 3.8) is 0 Å². The first-order valence-corrected chi connectivity index (χ1v) is 15.8. The van der Waals surface area contributed by atoms with Gasteiger partial charge in [0, 0.05) is 54.2 Å². The average molecular weight is 347 g/mol. The molecule has 0 amide bonds. The van der Waals surface area contributed by atoms with Gasteiger partial charge < -0.3 is 0 Å². The molecule has 5 rings (SSSR count). The molecule has 3 fully saturated rings. The number of benzene rings is 2. The highest BCUT2D eigenvalue weighted by molar-refractivity contribution is 7.41. The number of hydrogen-bond donors (Lipinski definition) is 0. The van der Waals surface area contributed by atoms with E-state index in [4.69, 9.17) is 0 Å². The molecule has 0 atom stereocenters. The third-order valence-electron chi connectivity index (χ3n) is 3.64. The van der Waals surface area contributed by atoms with Gasteiger partial charge >= 0.3 is 0 Å². The molecular weight excluding hydrogens is 337 g/mol. The van der Waals surface area contributed by atoms with Crippen LogP contribution >= 0.6 is 0 Å². The fourth-order valence-electron chi connectivity index (χ4n) is 2.50. The van der Waals surface area contributed by atoms with Crippen LogP contribution in [-0.4, -0.2) is 54.2 Å². The van der Waals surface area contributed by atoms with Crippen LogP contribution in [0.2, 0.25) is 4.79 Å². The van der Waals surface area contributed by atoms with E-state index in [0.717, 1.165) is 4.79 Å². The van der Waals surface area contributed by atoms with Crippen LogP contribution in [0.5, 0.6) is 0 Å². The molecule has 12 radical (unpaired) electrons. The lowest BCUT2D eigenvalue weighted by Gasteiger charge is -2.44. The van der Waals surface area contributed by atoms with Crippen molar-refractivity contribution in [2.45, 2.75) is 9.07 Å². The van der Waals surface area contributed by atoms with E-state index in [1.807, 2.05) is 0 Å². The van der Waals surface area contributed by atoms with Gasteiger partial charge in [-0.05, 0) is 15.4 Å². The second-order valence-corrected chi connectivity index (χ2v) is 18.6. The van der Waals surface area contributed by atoms with Gasteiger partial charge in [-0.15, -0.1) is 0 Å². The predicted molar refractivity (Wildman–Crippen MR) is 91.8 cm³/mol. The van der Waals surface area contributed by atoms with E-state index in [2.05, 4.69) is 54.6 Å². The average Bonchev–Trinajstić information content (AvgIpc) is 2.58. The highest BCUT2D eigenvalue weighted by atomic mass is 29.3. The van der Waals surface area contributed by atoms with E-state index in [-0.39, 0.29) is 0 Å². The summed E-state index contributed by atoms with van der Waals surface area (Å²) in [6, 6.07) is 20.3. The zero-order chi connectivity index (χ0) is 13.4. The fraction of sp³-hybridized carbons (Fsp3) is 0.143. The largest absolute Gasteiger partial charge is 0.0724 e. The highest BCUT2D eigenvalue weighted by Crippen LogP contribution is 2.31. The topological polar surface area (TPSA) is 0 Å². The Morgan fingerprint density at radius 3 is 1.80 bits per heavy atom. The van der Waals surface area contributed by atoms with Gasteiger partial charge in [-0.2, -0.15) is 0 Å². The molecule has 3 aliphatic rings. The summed E-state index contributed by atoms with van der Waals surface area (Å²) in [4.78, 5) is 1.16. The van der Waals surface area contributed by atoms with Crippen molar-refractivity contribution in [1.82, 2.24) is 0 Å². The Labute approximate surface area is 134 Å². The zero-order valence-electron chi connectivity index (χ0n) is 10.8. The Balaban J connectivity index is 1.64. The molecule has 0 nitrogen and oxygen atoms in total. The Kier molecular flexibility index (Phi) is 3.69. The van der Waals surface area contributed by atoms with Crippen molar-refractivity contribution >= 4 is 54.2 Å². The van der Waals surface area contributed by atoms with Crippen LogP contribution in [0.15, 0.2) is 54.6 Å². The maximum Gasteiger partial charge on any atom is 0.0269 e. The molecule has 3 heterocycles. The van der Waals surface area contributed by atoms with Gasteiger partial charge in [-0.25, -0.2) is 0 Å². The van der Waals surface area contributed by atoms with Crippen LogP contribution in [-0.2, 0) is 4.28 Å². The van der Waals surface area contributed by atoms with Gasteiger partial charge in [0.25, 0.3) is 0 Å². The number of rotatable bonds is 2. The molecule has 2 aromatic rings. The quantitative estimate of drug-likeness (QED) is 0.716. The second kappa shape index (κ2) is 5.50.